The molecule has 5 heteroatoms. The second-order valence-corrected chi connectivity index (χ2v) is 5.24. The van der Waals surface area contributed by atoms with Crippen molar-refractivity contribution in [3.05, 3.63) is 28.8 Å². The average molecular weight is 286 g/mol. The standard InChI is InChI=1S/C14H20ClNO3/c1-9(2)12(7-17)16-14(18)8-19-13-5-4-11(15)6-10(13)3/h4-6,9,12,17H,7-8H2,1-3H3,(H,16,18)/t12-/m1/s1. The van der Waals surface area contributed by atoms with Gasteiger partial charge in [-0.1, -0.05) is 25.4 Å². The first-order valence-corrected chi connectivity index (χ1v) is 6.61. The fraction of sp³-hybridized carbons (Fsp3) is 0.500. The number of hydrogen-bond acceptors (Lipinski definition) is 3. The van der Waals surface area contributed by atoms with E-state index < -0.39 is 0 Å². The third-order valence-corrected chi connectivity index (χ3v) is 3.08. The maximum atomic E-state index is 11.7. The molecule has 19 heavy (non-hydrogen) atoms. The minimum absolute atomic E-state index is 0.0777. The molecule has 1 aromatic rings. The fourth-order valence-electron chi connectivity index (χ4n) is 1.59. The van der Waals surface area contributed by atoms with Crippen LogP contribution in [0.15, 0.2) is 18.2 Å². The van der Waals surface area contributed by atoms with Crippen molar-refractivity contribution in [2.75, 3.05) is 13.2 Å². The molecule has 1 amide bonds. The van der Waals surface area contributed by atoms with Crippen LogP contribution in [-0.4, -0.2) is 30.3 Å². The van der Waals surface area contributed by atoms with Gasteiger partial charge in [0.2, 0.25) is 0 Å². The number of ether oxygens (including phenoxy) is 1. The van der Waals surface area contributed by atoms with Crippen LogP contribution in [0, 0.1) is 12.8 Å². The summed E-state index contributed by atoms with van der Waals surface area (Å²) in [7, 11) is 0. The highest BCUT2D eigenvalue weighted by Gasteiger charge is 2.15. The van der Waals surface area contributed by atoms with E-state index in [0.717, 1.165) is 5.56 Å². The van der Waals surface area contributed by atoms with E-state index in [1.165, 1.54) is 0 Å². The van der Waals surface area contributed by atoms with Gasteiger partial charge in [-0.3, -0.25) is 4.79 Å². The van der Waals surface area contributed by atoms with Crippen molar-refractivity contribution in [1.29, 1.82) is 0 Å². The molecule has 0 radical (unpaired) electrons. The van der Waals surface area contributed by atoms with Gasteiger partial charge in [0.1, 0.15) is 5.75 Å². The number of carbonyl (C=O) groups excluding carboxylic acids is 1. The number of aliphatic hydroxyl groups is 1. The first-order chi connectivity index (χ1) is 8.93. The van der Waals surface area contributed by atoms with Gasteiger partial charge in [0.15, 0.2) is 6.61 Å². The van der Waals surface area contributed by atoms with E-state index in [1.54, 1.807) is 18.2 Å². The van der Waals surface area contributed by atoms with Crippen LogP contribution in [0.4, 0.5) is 0 Å². The molecule has 1 aromatic carbocycles. The van der Waals surface area contributed by atoms with Crippen LogP contribution in [0.25, 0.3) is 0 Å². The van der Waals surface area contributed by atoms with Gasteiger partial charge < -0.3 is 15.2 Å². The molecule has 1 atom stereocenters. The third-order valence-electron chi connectivity index (χ3n) is 2.84. The van der Waals surface area contributed by atoms with E-state index >= 15 is 0 Å². The Balaban J connectivity index is 2.50. The van der Waals surface area contributed by atoms with Gasteiger partial charge in [-0.05, 0) is 36.6 Å². The average Bonchev–Trinajstić information content (AvgIpc) is 2.34. The topological polar surface area (TPSA) is 58.6 Å². The summed E-state index contributed by atoms with van der Waals surface area (Å²) < 4.78 is 5.43. The van der Waals surface area contributed by atoms with Gasteiger partial charge in [0, 0.05) is 5.02 Å². The zero-order valence-electron chi connectivity index (χ0n) is 11.4. The van der Waals surface area contributed by atoms with Crippen molar-refractivity contribution in [2.24, 2.45) is 5.92 Å². The van der Waals surface area contributed by atoms with Crippen LogP contribution in [0.3, 0.4) is 0 Å². The summed E-state index contributed by atoms with van der Waals surface area (Å²) in [4.78, 5) is 11.7. The van der Waals surface area contributed by atoms with Gasteiger partial charge in [-0.2, -0.15) is 0 Å². The molecule has 0 aliphatic heterocycles. The van der Waals surface area contributed by atoms with E-state index in [4.69, 9.17) is 21.4 Å². The summed E-state index contributed by atoms with van der Waals surface area (Å²) >= 11 is 5.84. The Hall–Kier alpha value is -1.26. The number of amides is 1. The Morgan fingerprint density at radius 3 is 2.68 bits per heavy atom. The summed E-state index contributed by atoms with van der Waals surface area (Å²) in [6, 6.07) is 4.98. The fourth-order valence-corrected chi connectivity index (χ4v) is 1.82. The predicted octanol–water partition coefficient (Wildman–Crippen LogP) is 2.16. The molecule has 0 saturated heterocycles. The van der Waals surface area contributed by atoms with Crippen LogP contribution in [0.1, 0.15) is 19.4 Å². The van der Waals surface area contributed by atoms with Gasteiger partial charge in [0.05, 0.1) is 12.6 Å². The maximum absolute atomic E-state index is 11.7. The van der Waals surface area contributed by atoms with Crippen LogP contribution < -0.4 is 10.1 Å². The van der Waals surface area contributed by atoms with Gasteiger partial charge in [-0.25, -0.2) is 0 Å². The van der Waals surface area contributed by atoms with Crippen molar-refractivity contribution >= 4 is 17.5 Å². The lowest BCUT2D eigenvalue weighted by atomic mass is 10.1. The summed E-state index contributed by atoms with van der Waals surface area (Å²) in [6.45, 7) is 5.58. The molecule has 106 valence electrons. The highest BCUT2D eigenvalue weighted by Crippen LogP contribution is 2.21. The van der Waals surface area contributed by atoms with E-state index in [2.05, 4.69) is 5.32 Å². The summed E-state index contributed by atoms with van der Waals surface area (Å²) in [6.07, 6.45) is 0. The lowest BCUT2D eigenvalue weighted by Crippen LogP contribution is -2.43. The molecule has 0 heterocycles. The van der Waals surface area contributed by atoms with Crippen molar-refractivity contribution in [3.8, 4) is 5.75 Å². The third kappa shape index (κ3) is 5.09. The molecule has 0 bridgehead atoms. The SMILES string of the molecule is Cc1cc(Cl)ccc1OCC(=O)N[C@H](CO)C(C)C. The Morgan fingerprint density at radius 2 is 2.16 bits per heavy atom. The van der Waals surface area contributed by atoms with Crippen molar-refractivity contribution in [2.45, 2.75) is 26.8 Å². The number of aliphatic hydroxyl groups excluding tert-OH is 1. The number of aryl methyl sites for hydroxylation is 1. The molecule has 4 nitrogen and oxygen atoms in total. The molecule has 0 fully saturated rings. The van der Waals surface area contributed by atoms with Crippen molar-refractivity contribution in [3.63, 3.8) is 0 Å². The monoisotopic (exact) mass is 285 g/mol. The molecule has 0 spiro atoms. The summed E-state index contributed by atoms with van der Waals surface area (Å²) in [5.41, 5.74) is 0.878. The van der Waals surface area contributed by atoms with Crippen molar-refractivity contribution in [1.82, 2.24) is 5.32 Å². The van der Waals surface area contributed by atoms with E-state index in [1.807, 2.05) is 20.8 Å². The molecular formula is C14H20ClNO3. The van der Waals surface area contributed by atoms with Crippen LogP contribution in [-0.2, 0) is 4.79 Å². The molecule has 0 saturated carbocycles. The number of carbonyl (C=O) groups is 1. The maximum Gasteiger partial charge on any atom is 0.258 e. The number of hydrogen-bond donors (Lipinski definition) is 2. The second-order valence-electron chi connectivity index (χ2n) is 4.80. The molecular weight excluding hydrogens is 266 g/mol. The van der Waals surface area contributed by atoms with Crippen LogP contribution in [0.2, 0.25) is 5.02 Å². The number of nitrogens with one attached hydrogen (secondary N) is 1. The number of benzene rings is 1. The Kier molecular flexibility index (Phi) is 6.12. The van der Waals surface area contributed by atoms with Gasteiger partial charge in [-0.15, -0.1) is 0 Å². The molecule has 1 rings (SSSR count). The van der Waals surface area contributed by atoms with E-state index in [0.29, 0.717) is 10.8 Å². The zero-order valence-corrected chi connectivity index (χ0v) is 12.2. The van der Waals surface area contributed by atoms with Gasteiger partial charge in [0.25, 0.3) is 5.91 Å². The highest BCUT2D eigenvalue weighted by atomic mass is 35.5. The lowest BCUT2D eigenvalue weighted by Gasteiger charge is -2.20. The zero-order chi connectivity index (χ0) is 14.4. The van der Waals surface area contributed by atoms with Crippen LogP contribution >= 0.6 is 11.6 Å². The second kappa shape index (κ2) is 7.36. The van der Waals surface area contributed by atoms with Crippen molar-refractivity contribution < 1.29 is 14.6 Å². The first-order valence-electron chi connectivity index (χ1n) is 6.23. The number of rotatable bonds is 6. The molecule has 2 N–H and O–H groups in total. The molecule has 0 unspecified atom stereocenters. The number of halogens is 1. The normalized spacial score (nSPS) is 12.3. The Bertz CT molecular complexity index is 435. The van der Waals surface area contributed by atoms with Gasteiger partial charge >= 0.3 is 0 Å². The Morgan fingerprint density at radius 1 is 1.47 bits per heavy atom. The minimum Gasteiger partial charge on any atom is -0.484 e. The Labute approximate surface area is 118 Å². The lowest BCUT2D eigenvalue weighted by molar-refractivity contribution is -0.124. The van der Waals surface area contributed by atoms with E-state index in [9.17, 15) is 4.79 Å². The highest BCUT2D eigenvalue weighted by molar-refractivity contribution is 6.30. The largest absolute Gasteiger partial charge is 0.484 e. The molecule has 0 aliphatic carbocycles. The molecule has 0 aliphatic rings. The molecule has 0 aromatic heterocycles. The predicted molar refractivity (Wildman–Crippen MR) is 75.5 cm³/mol. The summed E-state index contributed by atoms with van der Waals surface area (Å²) in [5, 5.41) is 12.5. The quantitative estimate of drug-likeness (QED) is 0.842. The summed E-state index contributed by atoms with van der Waals surface area (Å²) in [5.74, 6) is 0.554. The van der Waals surface area contributed by atoms with E-state index in [-0.39, 0.29) is 31.1 Å². The minimum atomic E-state index is -0.248. The van der Waals surface area contributed by atoms with Crippen LogP contribution in [0.5, 0.6) is 5.75 Å². The smallest absolute Gasteiger partial charge is 0.258 e. The first kappa shape index (κ1) is 15.8.